The van der Waals surface area contributed by atoms with Gasteiger partial charge in [-0.25, -0.2) is 0 Å². The van der Waals surface area contributed by atoms with Crippen molar-refractivity contribution in [1.29, 1.82) is 0 Å². The number of ether oxygens (including phenoxy) is 1. The van der Waals surface area contributed by atoms with Gasteiger partial charge >= 0.3 is 0 Å². The molecule has 0 saturated carbocycles. The summed E-state index contributed by atoms with van der Waals surface area (Å²) in [6.07, 6.45) is 0. The number of hydrogen-bond acceptors (Lipinski definition) is 3. The second-order valence-corrected chi connectivity index (χ2v) is 4.25. The van der Waals surface area contributed by atoms with E-state index in [2.05, 4.69) is 24.8 Å². The van der Waals surface area contributed by atoms with Gasteiger partial charge in [-0.3, -0.25) is 0 Å². The van der Waals surface area contributed by atoms with E-state index >= 15 is 0 Å². The molecule has 17 heavy (non-hydrogen) atoms. The predicted molar refractivity (Wildman–Crippen MR) is 71.1 cm³/mol. The van der Waals surface area contributed by atoms with Gasteiger partial charge in [0, 0.05) is 11.3 Å². The molecule has 0 amide bonds. The van der Waals surface area contributed by atoms with Crippen LogP contribution in [-0.4, -0.2) is 0 Å². The SMILES string of the molecule is Cc1oc(CS)cc1COCc1ccccc1. The molecule has 0 aliphatic heterocycles. The molecule has 0 aliphatic rings. The van der Waals surface area contributed by atoms with E-state index in [1.807, 2.05) is 31.2 Å². The Labute approximate surface area is 107 Å². The van der Waals surface area contributed by atoms with Crippen LogP contribution < -0.4 is 0 Å². The average molecular weight is 248 g/mol. The van der Waals surface area contributed by atoms with Crippen molar-refractivity contribution in [3.63, 3.8) is 0 Å². The number of thiol groups is 1. The number of benzene rings is 1. The van der Waals surface area contributed by atoms with Crippen molar-refractivity contribution in [3.8, 4) is 0 Å². The lowest BCUT2D eigenvalue weighted by Crippen LogP contribution is -1.93. The molecule has 0 bridgehead atoms. The van der Waals surface area contributed by atoms with E-state index in [4.69, 9.17) is 9.15 Å². The Hall–Kier alpha value is -1.19. The van der Waals surface area contributed by atoms with E-state index in [0.29, 0.717) is 19.0 Å². The van der Waals surface area contributed by atoms with Crippen LogP contribution in [0.5, 0.6) is 0 Å². The van der Waals surface area contributed by atoms with Crippen molar-refractivity contribution in [2.45, 2.75) is 25.9 Å². The summed E-state index contributed by atoms with van der Waals surface area (Å²) < 4.78 is 11.2. The van der Waals surface area contributed by atoms with Crippen molar-refractivity contribution in [3.05, 3.63) is 59.0 Å². The zero-order valence-electron chi connectivity index (χ0n) is 9.85. The Morgan fingerprint density at radius 1 is 1.18 bits per heavy atom. The van der Waals surface area contributed by atoms with E-state index in [9.17, 15) is 0 Å². The lowest BCUT2D eigenvalue weighted by Gasteiger charge is -2.03. The maximum atomic E-state index is 5.66. The third-order valence-corrected chi connectivity index (χ3v) is 2.91. The summed E-state index contributed by atoms with van der Waals surface area (Å²) in [6.45, 7) is 3.16. The minimum absolute atomic E-state index is 0.581. The van der Waals surface area contributed by atoms with Crippen LogP contribution in [0.3, 0.4) is 0 Å². The summed E-state index contributed by atoms with van der Waals surface area (Å²) in [4.78, 5) is 0. The number of furan rings is 1. The summed E-state index contributed by atoms with van der Waals surface area (Å²) in [5.41, 5.74) is 2.29. The van der Waals surface area contributed by atoms with Gasteiger partial charge in [0.1, 0.15) is 11.5 Å². The number of hydrogen-bond donors (Lipinski definition) is 1. The topological polar surface area (TPSA) is 22.4 Å². The van der Waals surface area contributed by atoms with Crippen LogP contribution in [-0.2, 0) is 23.7 Å². The van der Waals surface area contributed by atoms with Crippen LogP contribution in [0.1, 0.15) is 22.6 Å². The Morgan fingerprint density at radius 2 is 1.94 bits per heavy atom. The standard InChI is InChI=1S/C14H16O2S/c1-11-13(7-14(10-17)16-11)9-15-8-12-5-3-2-4-6-12/h2-7,17H,8-10H2,1H3. The van der Waals surface area contributed by atoms with Gasteiger partial charge in [0.2, 0.25) is 0 Å². The Morgan fingerprint density at radius 3 is 2.59 bits per heavy atom. The van der Waals surface area contributed by atoms with E-state index in [1.54, 1.807) is 0 Å². The van der Waals surface area contributed by atoms with Crippen molar-refractivity contribution in [2.75, 3.05) is 0 Å². The fourth-order valence-corrected chi connectivity index (χ4v) is 1.82. The monoisotopic (exact) mass is 248 g/mol. The molecule has 0 saturated heterocycles. The van der Waals surface area contributed by atoms with Crippen LogP contribution in [0, 0.1) is 6.92 Å². The molecule has 2 aromatic rings. The number of rotatable bonds is 5. The molecule has 0 unspecified atom stereocenters. The quantitative estimate of drug-likeness (QED) is 0.814. The van der Waals surface area contributed by atoms with Gasteiger partial charge in [-0.1, -0.05) is 30.3 Å². The molecule has 2 rings (SSSR count). The molecular formula is C14H16O2S. The van der Waals surface area contributed by atoms with Crippen molar-refractivity contribution in [2.24, 2.45) is 0 Å². The zero-order chi connectivity index (χ0) is 12.1. The first-order chi connectivity index (χ1) is 8.29. The minimum Gasteiger partial charge on any atom is -0.465 e. The van der Waals surface area contributed by atoms with Gasteiger partial charge in [0.15, 0.2) is 0 Å². The fourth-order valence-electron chi connectivity index (χ4n) is 1.66. The van der Waals surface area contributed by atoms with Gasteiger partial charge in [-0.05, 0) is 18.6 Å². The summed E-state index contributed by atoms with van der Waals surface area (Å²) in [5.74, 6) is 2.44. The summed E-state index contributed by atoms with van der Waals surface area (Å²) in [6, 6.07) is 12.2. The van der Waals surface area contributed by atoms with E-state index in [0.717, 1.165) is 17.1 Å². The van der Waals surface area contributed by atoms with E-state index in [-0.39, 0.29) is 0 Å². The van der Waals surface area contributed by atoms with Gasteiger partial charge < -0.3 is 9.15 Å². The van der Waals surface area contributed by atoms with Gasteiger partial charge in [-0.15, -0.1) is 0 Å². The molecule has 0 atom stereocenters. The highest BCUT2D eigenvalue weighted by molar-refractivity contribution is 7.79. The lowest BCUT2D eigenvalue weighted by molar-refractivity contribution is 0.106. The normalized spacial score (nSPS) is 10.7. The lowest BCUT2D eigenvalue weighted by atomic mass is 10.2. The third-order valence-electron chi connectivity index (χ3n) is 2.60. The van der Waals surface area contributed by atoms with Crippen LogP contribution in [0.25, 0.3) is 0 Å². The molecule has 0 aliphatic carbocycles. The maximum absolute atomic E-state index is 5.66. The zero-order valence-corrected chi connectivity index (χ0v) is 10.7. The molecule has 3 heteroatoms. The highest BCUT2D eigenvalue weighted by Gasteiger charge is 2.06. The molecule has 0 N–H and O–H groups in total. The van der Waals surface area contributed by atoms with E-state index < -0.39 is 0 Å². The van der Waals surface area contributed by atoms with Crippen LogP contribution in [0.15, 0.2) is 40.8 Å². The second kappa shape index (κ2) is 5.94. The highest BCUT2D eigenvalue weighted by atomic mass is 32.1. The fraction of sp³-hybridized carbons (Fsp3) is 0.286. The van der Waals surface area contributed by atoms with Crippen molar-refractivity contribution in [1.82, 2.24) is 0 Å². The van der Waals surface area contributed by atoms with Crippen LogP contribution >= 0.6 is 12.6 Å². The molecule has 90 valence electrons. The molecule has 1 aromatic carbocycles. The largest absolute Gasteiger partial charge is 0.465 e. The summed E-state index contributed by atoms with van der Waals surface area (Å²) in [5, 5.41) is 0. The first-order valence-electron chi connectivity index (χ1n) is 5.60. The maximum Gasteiger partial charge on any atom is 0.114 e. The Balaban J connectivity index is 1.88. The van der Waals surface area contributed by atoms with E-state index in [1.165, 1.54) is 5.56 Å². The minimum atomic E-state index is 0.581. The number of aryl methyl sites for hydroxylation is 1. The first-order valence-corrected chi connectivity index (χ1v) is 6.23. The Bertz CT molecular complexity index is 462. The van der Waals surface area contributed by atoms with Crippen LogP contribution in [0.4, 0.5) is 0 Å². The molecule has 0 fully saturated rings. The van der Waals surface area contributed by atoms with Crippen LogP contribution in [0.2, 0.25) is 0 Å². The molecule has 0 spiro atoms. The third kappa shape index (κ3) is 3.38. The summed E-state index contributed by atoms with van der Waals surface area (Å²) >= 11 is 4.18. The molecule has 0 radical (unpaired) electrons. The highest BCUT2D eigenvalue weighted by Crippen LogP contribution is 2.17. The van der Waals surface area contributed by atoms with Gasteiger partial charge in [0.25, 0.3) is 0 Å². The van der Waals surface area contributed by atoms with Crippen molar-refractivity contribution < 1.29 is 9.15 Å². The van der Waals surface area contributed by atoms with Gasteiger partial charge in [-0.2, -0.15) is 12.6 Å². The Kier molecular flexibility index (Phi) is 4.29. The van der Waals surface area contributed by atoms with Crippen molar-refractivity contribution >= 4 is 12.6 Å². The second-order valence-electron chi connectivity index (χ2n) is 3.93. The average Bonchev–Trinajstić information content (AvgIpc) is 2.72. The first kappa shape index (κ1) is 12.3. The summed E-state index contributed by atoms with van der Waals surface area (Å²) in [7, 11) is 0. The molecule has 1 heterocycles. The molecular weight excluding hydrogens is 232 g/mol. The molecule has 1 aromatic heterocycles. The smallest absolute Gasteiger partial charge is 0.114 e. The molecule has 2 nitrogen and oxygen atoms in total. The van der Waals surface area contributed by atoms with Gasteiger partial charge in [0.05, 0.1) is 13.2 Å². The predicted octanol–water partition coefficient (Wildman–Crippen LogP) is 3.73.